The number of nitrogens with zero attached hydrogens (tertiary/aromatic N) is 1. The van der Waals surface area contributed by atoms with Crippen LogP contribution in [0, 0.1) is 0 Å². The lowest BCUT2D eigenvalue weighted by atomic mass is 10.1. The van der Waals surface area contributed by atoms with Crippen LogP contribution in [-0.2, 0) is 6.54 Å². The number of hydrogen-bond donors (Lipinski definition) is 3. The largest absolute Gasteiger partial charge is 0.338 e. The van der Waals surface area contributed by atoms with Crippen LogP contribution in [0.3, 0.4) is 0 Å². The normalized spacial score (nSPS) is 10.1. The molecule has 0 aliphatic heterocycles. The summed E-state index contributed by atoms with van der Waals surface area (Å²) in [6.45, 7) is 3.04. The predicted octanol–water partition coefficient (Wildman–Crippen LogP) is 2.42. The Hall–Kier alpha value is -2.86. The number of nitrogens with two attached hydrogens (primary N) is 1. The second-order valence-electron chi connectivity index (χ2n) is 5.32. The highest BCUT2D eigenvalue weighted by molar-refractivity contribution is 5.94. The summed E-state index contributed by atoms with van der Waals surface area (Å²) in [6.07, 6.45) is 0.872. The van der Waals surface area contributed by atoms with E-state index >= 15 is 0 Å². The third kappa shape index (κ3) is 4.57. The van der Waals surface area contributed by atoms with Crippen molar-refractivity contribution in [1.82, 2.24) is 10.7 Å². The van der Waals surface area contributed by atoms with Crippen molar-refractivity contribution in [1.29, 1.82) is 0 Å². The zero-order valence-corrected chi connectivity index (χ0v) is 13.7. The van der Waals surface area contributed by atoms with Gasteiger partial charge in [-0.2, -0.15) is 0 Å². The lowest BCUT2D eigenvalue weighted by molar-refractivity contribution is 0.0953. The molecule has 6 nitrogen and oxygen atoms in total. The zero-order chi connectivity index (χ0) is 17.4. The van der Waals surface area contributed by atoms with Gasteiger partial charge < -0.3 is 5.32 Å². The van der Waals surface area contributed by atoms with Crippen molar-refractivity contribution in [2.75, 3.05) is 11.4 Å². The molecule has 0 bridgehead atoms. The Morgan fingerprint density at radius 3 is 2.29 bits per heavy atom. The summed E-state index contributed by atoms with van der Waals surface area (Å²) >= 11 is 0. The number of hydrazine groups is 1. The van der Waals surface area contributed by atoms with E-state index in [2.05, 4.69) is 10.7 Å². The van der Waals surface area contributed by atoms with Crippen molar-refractivity contribution in [3.63, 3.8) is 0 Å². The van der Waals surface area contributed by atoms with E-state index in [1.165, 1.54) is 0 Å². The zero-order valence-electron chi connectivity index (χ0n) is 13.7. The monoisotopic (exact) mass is 326 g/mol. The fourth-order valence-corrected chi connectivity index (χ4v) is 2.24. The summed E-state index contributed by atoms with van der Waals surface area (Å²) in [6, 6.07) is 16.3. The highest BCUT2D eigenvalue weighted by atomic mass is 16.2. The van der Waals surface area contributed by atoms with Gasteiger partial charge >= 0.3 is 6.03 Å². The SMILES string of the molecule is CCCNC(=O)N(Cc1ccc(C(=O)NN)cc1)c1ccccc1. The van der Waals surface area contributed by atoms with E-state index in [1.807, 2.05) is 49.4 Å². The summed E-state index contributed by atoms with van der Waals surface area (Å²) in [5.74, 6) is 4.78. The maximum absolute atomic E-state index is 12.5. The van der Waals surface area contributed by atoms with Crippen LogP contribution in [0.4, 0.5) is 10.5 Å². The lowest BCUT2D eigenvalue weighted by Crippen LogP contribution is -2.40. The molecule has 3 amide bonds. The smallest absolute Gasteiger partial charge is 0.322 e. The van der Waals surface area contributed by atoms with Crippen LogP contribution < -0.4 is 21.5 Å². The number of nitrogen functional groups attached to an aromatic ring is 1. The predicted molar refractivity (Wildman–Crippen MR) is 94.4 cm³/mol. The van der Waals surface area contributed by atoms with Gasteiger partial charge in [-0.15, -0.1) is 0 Å². The number of para-hydroxylation sites is 1. The van der Waals surface area contributed by atoms with Crippen molar-refractivity contribution >= 4 is 17.6 Å². The fraction of sp³-hybridized carbons (Fsp3) is 0.222. The van der Waals surface area contributed by atoms with Gasteiger partial charge in [-0.05, 0) is 36.2 Å². The Bertz CT molecular complexity index is 671. The third-order valence-electron chi connectivity index (χ3n) is 3.53. The van der Waals surface area contributed by atoms with Crippen molar-refractivity contribution < 1.29 is 9.59 Å². The molecule has 2 aromatic rings. The minimum atomic E-state index is -0.345. The molecule has 0 radical (unpaired) electrons. The maximum atomic E-state index is 12.5. The highest BCUT2D eigenvalue weighted by Crippen LogP contribution is 2.17. The number of carbonyl (C=O) groups is 2. The molecule has 0 saturated carbocycles. The van der Waals surface area contributed by atoms with E-state index in [1.54, 1.807) is 17.0 Å². The van der Waals surface area contributed by atoms with E-state index in [0.717, 1.165) is 17.7 Å². The molecule has 0 spiro atoms. The Morgan fingerprint density at radius 1 is 1.04 bits per heavy atom. The van der Waals surface area contributed by atoms with Gasteiger partial charge in [0.25, 0.3) is 5.91 Å². The van der Waals surface area contributed by atoms with Gasteiger partial charge in [-0.3, -0.25) is 15.1 Å². The number of hydrogen-bond acceptors (Lipinski definition) is 3. The van der Waals surface area contributed by atoms with Crippen LogP contribution >= 0.6 is 0 Å². The molecule has 0 aliphatic carbocycles. The first-order valence-electron chi connectivity index (χ1n) is 7.86. The van der Waals surface area contributed by atoms with E-state index in [9.17, 15) is 9.59 Å². The van der Waals surface area contributed by atoms with Gasteiger partial charge in [0, 0.05) is 17.8 Å². The number of amides is 3. The number of anilines is 1. The molecule has 0 heterocycles. The second-order valence-corrected chi connectivity index (χ2v) is 5.32. The van der Waals surface area contributed by atoms with Crippen molar-refractivity contribution in [3.8, 4) is 0 Å². The van der Waals surface area contributed by atoms with Crippen LogP contribution in [0.5, 0.6) is 0 Å². The van der Waals surface area contributed by atoms with Crippen molar-refractivity contribution in [3.05, 3.63) is 65.7 Å². The Kier molecular flexibility index (Phi) is 6.33. The molecule has 2 aromatic carbocycles. The molecule has 2 rings (SSSR count). The molecule has 0 aliphatic rings. The topological polar surface area (TPSA) is 87.5 Å². The fourth-order valence-electron chi connectivity index (χ4n) is 2.24. The molecule has 6 heteroatoms. The minimum Gasteiger partial charge on any atom is -0.338 e. The Morgan fingerprint density at radius 2 is 1.71 bits per heavy atom. The Labute approximate surface area is 141 Å². The minimum absolute atomic E-state index is 0.146. The quantitative estimate of drug-likeness (QED) is 0.433. The van der Waals surface area contributed by atoms with Gasteiger partial charge in [-0.25, -0.2) is 10.6 Å². The Balaban J connectivity index is 2.18. The maximum Gasteiger partial charge on any atom is 0.322 e. The summed E-state index contributed by atoms with van der Waals surface area (Å²) < 4.78 is 0. The van der Waals surface area contributed by atoms with E-state index in [4.69, 9.17) is 5.84 Å². The summed E-state index contributed by atoms with van der Waals surface area (Å²) in [5.41, 5.74) is 4.30. The van der Waals surface area contributed by atoms with Gasteiger partial charge in [0.2, 0.25) is 0 Å². The molecule has 0 saturated heterocycles. The first kappa shape index (κ1) is 17.5. The standard InChI is InChI=1S/C18H22N4O2/c1-2-12-20-18(24)22(16-6-4-3-5-7-16)13-14-8-10-15(11-9-14)17(23)21-19/h3-11H,2,12-13,19H2,1H3,(H,20,24)(H,21,23). The molecule has 0 atom stereocenters. The number of benzene rings is 2. The van der Waals surface area contributed by atoms with E-state index in [-0.39, 0.29) is 11.9 Å². The molecule has 0 fully saturated rings. The number of carbonyl (C=O) groups excluding carboxylic acids is 2. The second kappa shape index (κ2) is 8.69. The van der Waals surface area contributed by atoms with Crippen LogP contribution in [0.15, 0.2) is 54.6 Å². The van der Waals surface area contributed by atoms with Gasteiger partial charge in [0.15, 0.2) is 0 Å². The van der Waals surface area contributed by atoms with Crippen LogP contribution in [0.1, 0.15) is 29.3 Å². The molecular weight excluding hydrogens is 304 g/mol. The molecule has 4 N–H and O–H groups in total. The summed E-state index contributed by atoms with van der Waals surface area (Å²) in [7, 11) is 0. The molecule has 0 aromatic heterocycles. The van der Waals surface area contributed by atoms with E-state index < -0.39 is 0 Å². The van der Waals surface area contributed by atoms with Gasteiger partial charge in [0.05, 0.1) is 6.54 Å². The first-order chi connectivity index (χ1) is 11.7. The van der Waals surface area contributed by atoms with Crippen molar-refractivity contribution in [2.24, 2.45) is 5.84 Å². The molecule has 24 heavy (non-hydrogen) atoms. The van der Waals surface area contributed by atoms with Crippen molar-refractivity contribution in [2.45, 2.75) is 19.9 Å². The number of nitrogens with one attached hydrogen (secondary N) is 2. The first-order valence-corrected chi connectivity index (χ1v) is 7.86. The molecule has 0 unspecified atom stereocenters. The van der Waals surface area contributed by atoms with Crippen LogP contribution in [-0.4, -0.2) is 18.5 Å². The summed E-state index contributed by atoms with van der Waals surface area (Å²) in [5, 5.41) is 2.90. The average molecular weight is 326 g/mol. The van der Waals surface area contributed by atoms with Crippen LogP contribution in [0.25, 0.3) is 0 Å². The number of urea groups is 1. The molecule has 126 valence electrons. The van der Waals surface area contributed by atoms with E-state index in [0.29, 0.717) is 18.7 Å². The third-order valence-corrected chi connectivity index (χ3v) is 3.53. The average Bonchev–Trinajstić information content (AvgIpc) is 2.64. The molecular formula is C18H22N4O2. The lowest BCUT2D eigenvalue weighted by Gasteiger charge is -2.23. The van der Waals surface area contributed by atoms with Gasteiger partial charge in [0.1, 0.15) is 0 Å². The summed E-state index contributed by atoms with van der Waals surface area (Å²) in [4.78, 5) is 25.6. The van der Waals surface area contributed by atoms with Crippen LogP contribution in [0.2, 0.25) is 0 Å². The number of rotatable bonds is 6. The van der Waals surface area contributed by atoms with Gasteiger partial charge in [-0.1, -0.05) is 37.3 Å². The highest BCUT2D eigenvalue weighted by Gasteiger charge is 2.15.